The van der Waals surface area contributed by atoms with Crippen LogP contribution < -0.4 is 10.6 Å². The van der Waals surface area contributed by atoms with Gasteiger partial charge in [0.05, 0.1) is 5.75 Å². The van der Waals surface area contributed by atoms with Gasteiger partial charge in [0.2, 0.25) is 0 Å². The second kappa shape index (κ2) is 6.99. The number of carbonyl (C=O) groups excluding carboxylic acids is 1. The van der Waals surface area contributed by atoms with Crippen LogP contribution in [0, 0.1) is 11.8 Å². The van der Waals surface area contributed by atoms with Crippen molar-refractivity contribution >= 4 is 15.9 Å². The Bertz CT molecular complexity index is 460. The molecule has 0 unspecified atom stereocenters. The van der Waals surface area contributed by atoms with Gasteiger partial charge in [0.25, 0.3) is 0 Å². The molecule has 0 saturated heterocycles. The summed E-state index contributed by atoms with van der Waals surface area (Å²) in [6, 6.07) is 0.00597. The minimum atomic E-state index is -2.96. The van der Waals surface area contributed by atoms with Gasteiger partial charge in [-0.3, -0.25) is 0 Å². The molecule has 0 heterocycles. The number of urea groups is 1. The van der Waals surface area contributed by atoms with E-state index >= 15 is 0 Å². The third-order valence-corrected chi connectivity index (χ3v) is 5.62. The Kier molecular flexibility index (Phi) is 5.52. The number of rotatable bonds is 6. The minimum absolute atomic E-state index is 0.113. The quantitative estimate of drug-likeness (QED) is 0.788. The maximum Gasteiger partial charge on any atom is 0.315 e. The second-order valence-electron chi connectivity index (χ2n) is 6.90. The van der Waals surface area contributed by atoms with Crippen LogP contribution >= 0.6 is 0 Å². The number of hydrogen-bond donors (Lipinski definition) is 2. The average Bonchev–Trinajstić information content (AvgIpc) is 3.20. The lowest BCUT2D eigenvalue weighted by atomic mass is 9.83. The fourth-order valence-electron chi connectivity index (χ4n) is 3.27. The normalized spacial score (nSPS) is 27.9. The summed E-state index contributed by atoms with van der Waals surface area (Å²) in [5, 5.41) is 5.91. The molecule has 6 heteroatoms. The van der Waals surface area contributed by atoms with E-state index in [0.717, 1.165) is 24.7 Å². The molecule has 0 aromatic carbocycles. The van der Waals surface area contributed by atoms with Crippen LogP contribution in [0.1, 0.15) is 51.9 Å². The van der Waals surface area contributed by atoms with Crippen molar-refractivity contribution < 1.29 is 13.2 Å². The molecule has 2 aliphatic carbocycles. The predicted molar refractivity (Wildman–Crippen MR) is 83.9 cm³/mol. The van der Waals surface area contributed by atoms with Crippen molar-refractivity contribution in [3.05, 3.63) is 0 Å². The number of nitrogens with one attached hydrogen (secondary N) is 2. The molecule has 2 amide bonds. The van der Waals surface area contributed by atoms with Crippen LogP contribution in [-0.4, -0.2) is 38.5 Å². The lowest BCUT2D eigenvalue weighted by Gasteiger charge is -2.30. The third-order valence-electron chi connectivity index (χ3n) is 4.64. The first-order valence-electron chi connectivity index (χ1n) is 8.08. The zero-order chi connectivity index (χ0) is 15.5. The van der Waals surface area contributed by atoms with E-state index in [1.54, 1.807) is 0 Å². The number of sulfone groups is 1. The van der Waals surface area contributed by atoms with Crippen molar-refractivity contribution in [3.8, 4) is 0 Å². The first-order valence-corrected chi connectivity index (χ1v) is 10.1. The van der Waals surface area contributed by atoms with Gasteiger partial charge in [-0.1, -0.05) is 12.8 Å². The van der Waals surface area contributed by atoms with Crippen LogP contribution in [0.5, 0.6) is 0 Å². The Hall–Kier alpha value is -0.780. The minimum Gasteiger partial charge on any atom is -0.336 e. The molecule has 0 aliphatic heterocycles. The Morgan fingerprint density at radius 3 is 2.52 bits per heavy atom. The Morgan fingerprint density at radius 1 is 1.19 bits per heavy atom. The fourth-order valence-corrected chi connectivity index (χ4v) is 4.05. The lowest BCUT2D eigenvalue weighted by molar-refractivity contribution is 0.218. The highest BCUT2D eigenvalue weighted by Gasteiger charge is 2.35. The Balaban J connectivity index is 1.68. The largest absolute Gasteiger partial charge is 0.336 e. The summed E-state index contributed by atoms with van der Waals surface area (Å²) >= 11 is 0. The monoisotopic (exact) mass is 316 g/mol. The molecule has 21 heavy (non-hydrogen) atoms. The van der Waals surface area contributed by atoms with Gasteiger partial charge in [-0.2, -0.15) is 0 Å². The smallest absolute Gasteiger partial charge is 0.315 e. The Morgan fingerprint density at radius 2 is 1.90 bits per heavy atom. The van der Waals surface area contributed by atoms with Gasteiger partial charge in [-0.25, -0.2) is 13.2 Å². The molecular formula is C15H28N2O3S. The first kappa shape index (κ1) is 16.6. The molecule has 2 rings (SSSR count). The van der Waals surface area contributed by atoms with Gasteiger partial charge in [0.1, 0.15) is 9.84 Å². The molecular weight excluding hydrogens is 288 g/mol. The van der Waals surface area contributed by atoms with Crippen LogP contribution in [0.2, 0.25) is 0 Å². The van der Waals surface area contributed by atoms with Gasteiger partial charge < -0.3 is 10.6 Å². The van der Waals surface area contributed by atoms with E-state index in [2.05, 4.69) is 10.6 Å². The highest BCUT2D eigenvalue weighted by molar-refractivity contribution is 7.90. The first-order chi connectivity index (χ1) is 9.83. The standard InChI is InChI=1S/C15H28N2O3S/c1-11(8-9-21(2,19)20)16-15(18)17-14-5-3-4-13(10-14)12-6-7-12/h11-14H,3-10H2,1-2H3,(H2,16,17,18)/t11-,13+,14-/m1/s1. The van der Waals surface area contributed by atoms with Crippen LogP contribution in [0.4, 0.5) is 4.79 Å². The molecule has 0 bridgehead atoms. The van der Waals surface area contributed by atoms with E-state index in [1.165, 1.54) is 31.9 Å². The van der Waals surface area contributed by atoms with Gasteiger partial charge >= 0.3 is 6.03 Å². The molecule has 0 spiro atoms. The molecule has 122 valence electrons. The molecule has 2 saturated carbocycles. The van der Waals surface area contributed by atoms with Crippen LogP contribution in [-0.2, 0) is 9.84 Å². The lowest BCUT2D eigenvalue weighted by Crippen LogP contribution is -2.47. The molecule has 0 radical (unpaired) electrons. The molecule has 2 aliphatic rings. The molecule has 5 nitrogen and oxygen atoms in total. The van der Waals surface area contributed by atoms with Gasteiger partial charge in [-0.05, 0) is 50.9 Å². The summed E-state index contributed by atoms with van der Waals surface area (Å²) in [6.45, 7) is 1.85. The zero-order valence-corrected chi connectivity index (χ0v) is 13.9. The second-order valence-corrected chi connectivity index (χ2v) is 9.16. The van der Waals surface area contributed by atoms with E-state index in [-0.39, 0.29) is 23.9 Å². The van der Waals surface area contributed by atoms with Crippen molar-refractivity contribution in [3.63, 3.8) is 0 Å². The van der Waals surface area contributed by atoms with Gasteiger partial charge in [0, 0.05) is 18.3 Å². The Labute approximate surface area is 128 Å². The summed E-state index contributed by atoms with van der Waals surface area (Å²) in [6.07, 6.45) is 9.11. The topological polar surface area (TPSA) is 75.3 Å². The van der Waals surface area contributed by atoms with Gasteiger partial charge in [-0.15, -0.1) is 0 Å². The van der Waals surface area contributed by atoms with Crippen LogP contribution in [0.25, 0.3) is 0 Å². The van der Waals surface area contributed by atoms with Crippen molar-refractivity contribution in [2.45, 2.75) is 64.0 Å². The molecule has 0 aromatic heterocycles. The SMILES string of the molecule is C[C@H](CCS(C)(=O)=O)NC(=O)N[C@@H]1CCC[C@H](C2CC2)C1. The van der Waals surface area contributed by atoms with E-state index in [1.807, 2.05) is 6.92 Å². The average molecular weight is 316 g/mol. The molecule has 3 atom stereocenters. The number of carbonyl (C=O) groups is 1. The van der Waals surface area contributed by atoms with E-state index in [4.69, 9.17) is 0 Å². The highest BCUT2D eigenvalue weighted by atomic mass is 32.2. The van der Waals surface area contributed by atoms with Crippen molar-refractivity contribution in [1.29, 1.82) is 0 Å². The zero-order valence-electron chi connectivity index (χ0n) is 13.1. The van der Waals surface area contributed by atoms with Crippen LogP contribution in [0.15, 0.2) is 0 Å². The molecule has 2 fully saturated rings. The summed E-state index contributed by atoms with van der Waals surface area (Å²) in [5.41, 5.74) is 0. The van der Waals surface area contributed by atoms with E-state index in [0.29, 0.717) is 6.42 Å². The molecule has 0 aromatic rings. The van der Waals surface area contributed by atoms with E-state index in [9.17, 15) is 13.2 Å². The number of hydrogen-bond acceptors (Lipinski definition) is 3. The maximum absolute atomic E-state index is 12.0. The predicted octanol–water partition coefficient (Wildman–Crippen LogP) is 2.08. The third kappa shape index (κ3) is 6.24. The highest BCUT2D eigenvalue weighted by Crippen LogP contribution is 2.43. The fraction of sp³-hybridized carbons (Fsp3) is 0.933. The van der Waals surface area contributed by atoms with E-state index < -0.39 is 9.84 Å². The summed E-state index contributed by atoms with van der Waals surface area (Å²) in [4.78, 5) is 12.0. The van der Waals surface area contributed by atoms with Crippen molar-refractivity contribution in [2.75, 3.05) is 12.0 Å². The summed E-state index contributed by atoms with van der Waals surface area (Å²) in [5.74, 6) is 1.82. The van der Waals surface area contributed by atoms with Gasteiger partial charge in [0.15, 0.2) is 0 Å². The molecule has 2 N–H and O–H groups in total. The summed E-state index contributed by atoms with van der Waals surface area (Å²) < 4.78 is 22.2. The summed E-state index contributed by atoms with van der Waals surface area (Å²) in [7, 11) is -2.96. The van der Waals surface area contributed by atoms with Crippen LogP contribution in [0.3, 0.4) is 0 Å². The number of amides is 2. The van der Waals surface area contributed by atoms with Crippen molar-refractivity contribution in [1.82, 2.24) is 10.6 Å². The van der Waals surface area contributed by atoms with Crippen molar-refractivity contribution in [2.24, 2.45) is 11.8 Å². The maximum atomic E-state index is 12.0.